The maximum absolute atomic E-state index is 6.12. The summed E-state index contributed by atoms with van der Waals surface area (Å²) in [6.07, 6.45) is 3.73. The molecule has 0 aliphatic rings. The lowest BCUT2D eigenvalue weighted by Crippen LogP contribution is -1.97. The predicted octanol–water partition coefficient (Wildman–Crippen LogP) is 6.19. The molecule has 2 nitrogen and oxygen atoms in total. The fraction of sp³-hybridized carbons (Fsp3) is 0. The Morgan fingerprint density at radius 1 is 0.864 bits per heavy atom. The van der Waals surface area contributed by atoms with Gasteiger partial charge >= 0.3 is 0 Å². The molecule has 110 valence electrons. The molecule has 0 bridgehead atoms. The van der Waals surface area contributed by atoms with E-state index in [1.54, 1.807) is 24.4 Å². The van der Waals surface area contributed by atoms with E-state index in [2.05, 4.69) is 4.99 Å². The molecule has 3 aromatic rings. The average Bonchev–Trinajstić information content (AvgIpc) is 2.95. The van der Waals surface area contributed by atoms with E-state index in [4.69, 9.17) is 34.8 Å². The highest BCUT2D eigenvalue weighted by atomic mass is 35.5. The predicted molar refractivity (Wildman–Crippen MR) is 94.5 cm³/mol. The van der Waals surface area contributed by atoms with Crippen molar-refractivity contribution in [2.24, 2.45) is 4.99 Å². The fourth-order valence-corrected chi connectivity index (χ4v) is 2.64. The van der Waals surface area contributed by atoms with Crippen LogP contribution in [0.15, 0.2) is 65.8 Å². The first-order valence-electron chi connectivity index (χ1n) is 6.56. The van der Waals surface area contributed by atoms with Crippen LogP contribution in [0.25, 0.3) is 5.69 Å². The monoisotopic (exact) mass is 348 g/mol. The van der Waals surface area contributed by atoms with Gasteiger partial charge in [0, 0.05) is 21.9 Å². The van der Waals surface area contributed by atoms with E-state index in [1.165, 1.54) is 0 Å². The summed E-state index contributed by atoms with van der Waals surface area (Å²) in [5.41, 5.74) is 2.63. The highest BCUT2D eigenvalue weighted by Gasteiger charge is 2.03. The summed E-state index contributed by atoms with van der Waals surface area (Å²) < 4.78 is 2.02. The molecule has 2 aromatic carbocycles. The van der Waals surface area contributed by atoms with E-state index < -0.39 is 0 Å². The summed E-state index contributed by atoms with van der Waals surface area (Å²) in [5, 5.41) is 1.82. The molecule has 22 heavy (non-hydrogen) atoms. The topological polar surface area (TPSA) is 17.3 Å². The van der Waals surface area contributed by atoms with Crippen molar-refractivity contribution in [1.82, 2.24) is 4.57 Å². The van der Waals surface area contributed by atoms with Gasteiger partial charge in [-0.15, -0.1) is 0 Å². The van der Waals surface area contributed by atoms with Gasteiger partial charge in [-0.2, -0.15) is 0 Å². The number of aliphatic imine (C=N–C) groups is 1. The van der Waals surface area contributed by atoms with E-state index in [0.29, 0.717) is 20.8 Å². The number of hydrogen-bond acceptors (Lipinski definition) is 1. The highest BCUT2D eigenvalue weighted by molar-refractivity contribution is 6.36. The summed E-state index contributed by atoms with van der Waals surface area (Å²) in [4.78, 5) is 4.43. The third-order valence-electron chi connectivity index (χ3n) is 3.13. The Morgan fingerprint density at radius 3 is 2.32 bits per heavy atom. The third-order valence-corrected chi connectivity index (χ3v) is 3.92. The average molecular weight is 350 g/mol. The molecule has 5 heteroatoms. The highest BCUT2D eigenvalue weighted by Crippen LogP contribution is 2.27. The fourth-order valence-electron chi connectivity index (χ4n) is 2.06. The van der Waals surface area contributed by atoms with Crippen LogP contribution in [0.2, 0.25) is 15.1 Å². The molecular weight excluding hydrogens is 339 g/mol. The zero-order valence-corrected chi connectivity index (χ0v) is 13.6. The number of benzene rings is 2. The first-order valence-corrected chi connectivity index (χ1v) is 7.69. The van der Waals surface area contributed by atoms with Crippen molar-refractivity contribution in [2.75, 3.05) is 0 Å². The van der Waals surface area contributed by atoms with Crippen molar-refractivity contribution in [1.29, 1.82) is 0 Å². The van der Waals surface area contributed by atoms with Crippen LogP contribution in [0.4, 0.5) is 5.69 Å². The van der Waals surface area contributed by atoms with Gasteiger partial charge in [0.25, 0.3) is 0 Å². The van der Waals surface area contributed by atoms with Gasteiger partial charge in [0.1, 0.15) is 0 Å². The molecule has 0 N–H and O–H groups in total. The molecule has 0 saturated carbocycles. The number of nitrogens with zero attached hydrogens (tertiary/aromatic N) is 2. The molecule has 0 spiro atoms. The minimum Gasteiger partial charge on any atom is -0.316 e. The standard InChI is InChI=1S/C17H11Cl3N2/c18-12-3-6-14(7-4-12)22-9-1-2-15(22)11-21-17-8-5-13(19)10-16(17)20/h1-11H. The molecule has 0 radical (unpaired) electrons. The molecule has 1 aromatic heterocycles. The Labute approximate surface area is 143 Å². The first kappa shape index (κ1) is 15.2. The second-order valence-corrected chi connectivity index (χ2v) is 5.91. The normalized spacial score (nSPS) is 11.2. The zero-order chi connectivity index (χ0) is 15.5. The van der Waals surface area contributed by atoms with Gasteiger partial charge in [0.05, 0.1) is 22.6 Å². The zero-order valence-electron chi connectivity index (χ0n) is 11.4. The minimum atomic E-state index is 0.522. The lowest BCUT2D eigenvalue weighted by molar-refractivity contribution is 1.07. The van der Waals surface area contributed by atoms with Crippen molar-refractivity contribution >= 4 is 46.7 Å². The van der Waals surface area contributed by atoms with Crippen molar-refractivity contribution in [3.63, 3.8) is 0 Å². The lowest BCUT2D eigenvalue weighted by Gasteiger charge is -2.06. The van der Waals surface area contributed by atoms with Gasteiger partial charge in [0.15, 0.2) is 0 Å². The van der Waals surface area contributed by atoms with Crippen LogP contribution in [0, 0.1) is 0 Å². The molecule has 0 atom stereocenters. The van der Waals surface area contributed by atoms with Gasteiger partial charge in [-0.25, -0.2) is 0 Å². The molecule has 0 saturated heterocycles. The molecule has 0 aliphatic heterocycles. The molecule has 0 unspecified atom stereocenters. The Morgan fingerprint density at radius 2 is 1.59 bits per heavy atom. The Bertz CT molecular complexity index is 820. The van der Waals surface area contributed by atoms with E-state index >= 15 is 0 Å². The van der Waals surface area contributed by atoms with Crippen LogP contribution < -0.4 is 0 Å². The first-order chi connectivity index (χ1) is 10.6. The van der Waals surface area contributed by atoms with Crippen LogP contribution in [0.1, 0.15) is 5.69 Å². The molecular formula is C17H11Cl3N2. The number of halogens is 3. The summed E-state index contributed by atoms with van der Waals surface area (Å²) in [6.45, 7) is 0. The maximum Gasteiger partial charge on any atom is 0.0817 e. The Balaban J connectivity index is 1.92. The minimum absolute atomic E-state index is 0.522. The van der Waals surface area contributed by atoms with Crippen LogP contribution in [0.3, 0.4) is 0 Å². The van der Waals surface area contributed by atoms with E-state index in [9.17, 15) is 0 Å². The van der Waals surface area contributed by atoms with E-state index in [1.807, 2.05) is 47.2 Å². The second-order valence-electron chi connectivity index (χ2n) is 4.63. The van der Waals surface area contributed by atoms with E-state index in [-0.39, 0.29) is 0 Å². The van der Waals surface area contributed by atoms with Crippen LogP contribution in [-0.4, -0.2) is 10.8 Å². The van der Waals surface area contributed by atoms with E-state index in [0.717, 1.165) is 11.4 Å². The van der Waals surface area contributed by atoms with Crippen LogP contribution in [-0.2, 0) is 0 Å². The number of rotatable bonds is 3. The molecule has 0 aliphatic carbocycles. The summed E-state index contributed by atoms with van der Waals surface area (Å²) in [6, 6.07) is 16.8. The van der Waals surface area contributed by atoms with Crippen molar-refractivity contribution in [2.45, 2.75) is 0 Å². The molecule has 0 amide bonds. The van der Waals surface area contributed by atoms with Crippen molar-refractivity contribution in [3.8, 4) is 5.69 Å². The van der Waals surface area contributed by atoms with Crippen molar-refractivity contribution < 1.29 is 0 Å². The maximum atomic E-state index is 6.12. The summed E-state index contributed by atoms with van der Waals surface area (Å²) >= 11 is 17.9. The van der Waals surface area contributed by atoms with Gasteiger partial charge in [-0.3, -0.25) is 4.99 Å². The number of hydrogen-bond donors (Lipinski definition) is 0. The summed E-state index contributed by atoms with van der Waals surface area (Å²) in [5.74, 6) is 0. The van der Waals surface area contributed by atoms with Crippen LogP contribution in [0.5, 0.6) is 0 Å². The SMILES string of the molecule is Clc1ccc(-n2cccc2C=Nc2ccc(Cl)cc2Cl)cc1. The van der Waals surface area contributed by atoms with Crippen molar-refractivity contribution in [3.05, 3.63) is 81.6 Å². The second kappa shape index (κ2) is 6.57. The summed E-state index contributed by atoms with van der Waals surface area (Å²) in [7, 11) is 0. The van der Waals surface area contributed by atoms with Crippen LogP contribution >= 0.6 is 34.8 Å². The smallest absolute Gasteiger partial charge is 0.0817 e. The quantitative estimate of drug-likeness (QED) is 0.502. The van der Waals surface area contributed by atoms with Gasteiger partial charge < -0.3 is 4.57 Å². The Kier molecular flexibility index (Phi) is 4.53. The van der Waals surface area contributed by atoms with Gasteiger partial charge in [0.2, 0.25) is 0 Å². The van der Waals surface area contributed by atoms with Gasteiger partial charge in [-0.1, -0.05) is 34.8 Å². The lowest BCUT2D eigenvalue weighted by atomic mass is 10.3. The molecule has 3 rings (SSSR count). The number of aromatic nitrogens is 1. The third kappa shape index (κ3) is 3.36. The largest absolute Gasteiger partial charge is 0.316 e. The molecule has 1 heterocycles. The van der Waals surface area contributed by atoms with Gasteiger partial charge in [-0.05, 0) is 54.6 Å². The Hall–Kier alpha value is -1.74. The molecule has 0 fully saturated rings.